The molecule has 1 N–H and O–H groups in total. The zero-order valence-electron chi connectivity index (χ0n) is 15.2. The van der Waals surface area contributed by atoms with Gasteiger partial charge >= 0.3 is 6.09 Å². The van der Waals surface area contributed by atoms with E-state index in [4.69, 9.17) is 14.0 Å². The smallest absolute Gasteiger partial charge is 0.415 e. The molecule has 2 atom stereocenters. The Morgan fingerprint density at radius 1 is 1.29 bits per heavy atom. The van der Waals surface area contributed by atoms with Crippen LogP contribution in [-0.2, 0) is 11.2 Å². The molecule has 0 spiro atoms. The van der Waals surface area contributed by atoms with Crippen LogP contribution in [0.25, 0.3) is 0 Å². The number of ether oxygens (including phenoxy) is 2. The van der Waals surface area contributed by atoms with Crippen LogP contribution >= 0.6 is 0 Å². The summed E-state index contributed by atoms with van der Waals surface area (Å²) in [5.41, 5.74) is 2.22. The summed E-state index contributed by atoms with van der Waals surface area (Å²) in [6.45, 7) is 0.156. The van der Waals surface area contributed by atoms with Crippen molar-refractivity contribution in [3.8, 4) is 5.88 Å². The number of amides is 1. The van der Waals surface area contributed by atoms with E-state index >= 15 is 0 Å². The molecule has 5 rings (SSSR count). The fourth-order valence-electron chi connectivity index (χ4n) is 4.59. The topological polar surface area (TPSA) is 85.0 Å². The minimum Gasteiger partial charge on any atom is -0.471 e. The maximum absolute atomic E-state index is 14.9. The molecule has 1 saturated carbocycles. The van der Waals surface area contributed by atoms with Crippen LogP contribution in [0, 0.1) is 5.82 Å². The molecule has 8 heteroatoms. The molecule has 1 saturated heterocycles. The highest BCUT2D eigenvalue weighted by molar-refractivity contribution is 5.93. The number of anilines is 1. The van der Waals surface area contributed by atoms with E-state index in [0.717, 1.165) is 18.4 Å². The largest absolute Gasteiger partial charge is 0.471 e. The van der Waals surface area contributed by atoms with Gasteiger partial charge in [0.05, 0.1) is 17.8 Å². The molecule has 2 fully saturated rings. The number of rotatable bonds is 4. The Bertz CT molecular complexity index is 879. The maximum Gasteiger partial charge on any atom is 0.415 e. The lowest BCUT2D eigenvalue weighted by atomic mass is 9.82. The predicted molar refractivity (Wildman–Crippen MR) is 95.9 cm³/mol. The van der Waals surface area contributed by atoms with Crippen molar-refractivity contribution in [3.63, 3.8) is 0 Å². The van der Waals surface area contributed by atoms with Gasteiger partial charge in [-0.05, 0) is 60.4 Å². The van der Waals surface area contributed by atoms with Crippen LogP contribution in [0.3, 0.4) is 0 Å². The molecule has 1 aliphatic carbocycles. The maximum atomic E-state index is 14.9. The van der Waals surface area contributed by atoms with E-state index in [1.54, 1.807) is 6.07 Å². The summed E-state index contributed by atoms with van der Waals surface area (Å²) >= 11 is 0. The van der Waals surface area contributed by atoms with Crippen LogP contribution in [-0.4, -0.2) is 41.2 Å². The zero-order valence-corrected chi connectivity index (χ0v) is 15.2. The molecule has 0 radical (unpaired) electrons. The van der Waals surface area contributed by atoms with Crippen LogP contribution in [0.1, 0.15) is 42.7 Å². The summed E-state index contributed by atoms with van der Waals surface area (Å²) in [7, 11) is 0. The third-order valence-electron chi connectivity index (χ3n) is 6.04. The standard InChI is InChI=1S/C20H21FN2O5/c21-15-9-16-12(7-14(15)11-1-3-13(24)4-2-11)8-17-18(28-20(25)23(16)17)10-26-19-5-6-27-22-19/h5-7,9,11,13,17-18,24H,1-4,8,10H2/t11?,13?,17-,18-/m0/s1. The lowest BCUT2D eigenvalue weighted by Gasteiger charge is -2.26. The highest BCUT2D eigenvalue weighted by atomic mass is 19.1. The van der Waals surface area contributed by atoms with Gasteiger partial charge in [-0.1, -0.05) is 6.07 Å². The number of aliphatic hydroxyl groups excluding tert-OH is 1. The number of carbonyl (C=O) groups excluding carboxylic acids is 1. The van der Waals surface area contributed by atoms with Gasteiger partial charge in [0.15, 0.2) is 6.10 Å². The summed E-state index contributed by atoms with van der Waals surface area (Å²) in [5.74, 6) is 0.149. The van der Waals surface area contributed by atoms with Gasteiger partial charge < -0.3 is 19.1 Å². The van der Waals surface area contributed by atoms with Crippen molar-refractivity contribution in [1.29, 1.82) is 0 Å². The van der Waals surface area contributed by atoms with Gasteiger partial charge in [-0.15, -0.1) is 0 Å². The highest BCUT2D eigenvalue weighted by Crippen LogP contribution is 2.43. The SMILES string of the molecule is O=C1O[C@@H](COc2ccon2)[C@@H]2Cc3cc(C4CCC(O)CC4)c(F)cc3N12. The van der Waals surface area contributed by atoms with Gasteiger partial charge in [0.1, 0.15) is 18.7 Å². The fraction of sp³-hybridized carbons (Fsp3) is 0.500. The number of carbonyl (C=O) groups is 1. The summed E-state index contributed by atoms with van der Waals surface area (Å²) < 4.78 is 30.6. The van der Waals surface area contributed by atoms with Crippen molar-refractivity contribution in [1.82, 2.24) is 5.16 Å². The van der Waals surface area contributed by atoms with Gasteiger partial charge in [-0.2, -0.15) is 0 Å². The first-order chi connectivity index (χ1) is 13.6. The Balaban J connectivity index is 1.36. The molecule has 2 aliphatic heterocycles. The minimum absolute atomic E-state index is 0.113. The normalized spacial score (nSPS) is 28.8. The van der Waals surface area contributed by atoms with Gasteiger partial charge in [-0.25, -0.2) is 9.18 Å². The number of cyclic esters (lactones) is 1. The molecule has 28 heavy (non-hydrogen) atoms. The highest BCUT2D eigenvalue weighted by Gasteiger charge is 2.48. The van der Waals surface area contributed by atoms with E-state index in [2.05, 4.69) is 5.16 Å². The second kappa shape index (κ2) is 6.77. The molecule has 3 heterocycles. The monoisotopic (exact) mass is 388 g/mol. The average molecular weight is 388 g/mol. The second-order valence-electron chi connectivity index (χ2n) is 7.72. The van der Waals surface area contributed by atoms with E-state index in [9.17, 15) is 14.3 Å². The van der Waals surface area contributed by atoms with Crippen molar-refractivity contribution in [2.45, 2.75) is 56.3 Å². The van der Waals surface area contributed by atoms with E-state index in [1.807, 2.05) is 6.07 Å². The van der Waals surface area contributed by atoms with E-state index in [-0.39, 0.29) is 30.5 Å². The van der Waals surface area contributed by atoms with Crippen LogP contribution in [0.2, 0.25) is 0 Å². The number of halogens is 1. The third-order valence-corrected chi connectivity index (χ3v) is 6.04. The van der Waals surface area contributed by atoms with Crippen molar-refractivity contribution in [3.05, 3.63) is 41.4 Å². The number of fused-ring (bicyclic) bond motifs is 3. The van der Waals surface area contributed by atoms with Gasteiger partial charge in [0, 0.05) is 6.07 Å². The van der Waals surface area contributed by atoms with Gasteiger partial charge in [0.2, 0.25) is 0 Å². The summed E-state index contributed by atoms with van der Waals surface area (Å²) in [4.78, 5) is 13.9. The number of aliphatic hydroxyl groups is 1. The summed E-state index contributed by atoms with van der Waals surface area (Å²) in [6, 6.07) is 4.71. The second-order valence-corrected chi connectivity index (χ2v) is 7.72. The van der Waals surface area contributed by atoms with Crippen molar-refractivity contribution >= 4 is 11.8 Å². The molecule has 2 aromatic rings. The summed E-state index contributed by atoms with van der Waals surface area (Å²) in [6.07, 6.45) is 3.73. The Morgan fingerprint density at radius 3 is 2.86 bits per heavy atom. The van der Waals surface area contributed by atoms with Crippen LogP contribution in [0.15, 0.2) is 29.0 Å². The van der Waals surface area contributed by atoms with Crippen molar-refractivity contribution in [2.75, 3.05) is 11.5 Å². The Kier molecular flexibility index (Phi) is 4.23. The Morgan fingerprint density at radius 2 is 2.11 bits per heavy atom. The average Bonchev–Trinajstić information content (AvgIpc) is 3.38. The number of nitrogens with zero attached hydrogens (tertiary/aromatic N) is 2. The molecule has 0 bridgehead atoms. The van der Waals surface area contributed by atoms with Crippen LogP contribution in [0.4, 0.5) is 14.9 Å². The zero-order chi connectivity index (χ0) is 19.3. The van der Waals surface area contributed by atoms with Crippen LogP contribution < -0.4 is 9.64 Å². The lowest BCUT2D eigenvalue weighted by molar-refractivity contribution is 0.0886. The molecule has 1 aromatic carbocycles. The van der Waals surface area contributed by atoms with Crippen molar-refractivity contribution < 1.29 is 28.3 Å². The number of benzene rings is 1. The quantitative estimate of drug-likeness (QED) is 0.866. The van der Waals surface area contributed by atoms with Gasteiger partial charge in [-0.3, -0.25) is 4.90 Å². The Labute approximate surface area is 161 Å². The van der Waals surface area contributed by atoms with Gasteiger partial charge in [0.25, 0.3) is 5.88 Å². The van der Waals surface area contributed by atoms with Crippen molar-refractivity contribution in [2.24, 2.45) is 0 Å². The number of hydrogen-bond donors (Lipinski definition) is 1. The molecular weight excluding hydrogens is 367 g/mol. The fourth-order valence-corrected chi connectivity index (χ4v) is 4.59. The molecule has 7 nitrogen and oxygen atoms in total. The number of aromatic nitrogens is 1. The van der Waals surface area contributed by atoms with E-state index in [0.29, 0.717) is 36.4 Å². The third kappa shape index (κ3) is 2.92. The first-order valence-corrected chi connectivity index (χ1v) is 9.63. The molecular formula is C20H21FN2O5. The molecule has 3 aliphatic rings. The summed E-state index contributed by atoms with van der Waals surface area (Å²) in [5, 5.41) is 13.4. The molecule has 1 amide bonds. The molecule has 0 unspecified atom stereocenters. The minimum atomic E-state index is -0.481. The Hall–Kier alpha value is -2.61. The number of hydrogen-bond acceptors (Lipinski definition) is 6. The van der Waals surface area contributed by atoms with Crippen LogP contribution in [0.5, 0.6) is 5.88 Å². The van der Waals surface area contributed by atoms with E-state index < -0.39 is 12.2 Å². The predicted octanol–water partition coefficient (Wildman–Crippen LogP) is 3.16. The van der Waals surface area contributed by atoms with E-state index in [1.165, 1.54) is 17.2 Å². The lowest BCUT2D eigenvalue weighted by Crippen LogP contribution is -2.36. The molecule has 148 valence electrons. The molecule has 1 aromatic heterocycles. The first-order valence-electron chi connectivity index (χ1n) is 9.63. The first kappa shape index (κ1) is 17.5.